The number of nitrogens with one attached hydrogen (secondary N) is 2. The van der Waals surface area contributed by atoms with Gasteiger partial charge in [-0.05, 0) is 51.5 Å². The first-order chi connectivity index (χ1) is 13.7. The van der Waals surface area contributed by atoms with Crippen LogP contribution in [0.5, 0.6) is 11.5 Å². The minimum Gasteiger partial charge on any atom is -0.456 e. The molecule has 0 heterocycles. The summed E-state index contributed by atoms with van der Waals surface area (Å²) >= 11 is -2.35. The van der Waals surface area contributed by atoms with E-state index in [0.29, 0.717) is 23.7 Å². The van der Waals surface area contributed by atoms with Crippen LogP contribution >= 0.6 is 0 Å². The Kier molecular flexibility index (Phi) is 8.04. The van der Waals surface area contributed by atoms with Crippen LogP contribution in [-0.4, -0.2) is 26.9 Å². The minimum atomic E-state index is -2.35. The third-order valence-corrected chi connectivity index (χ3v) is 4.12. The van der Waals surface area contributed by atoms with Crippen molar-refractivity contribution in [3.05, 3.63) is 48.0 Å². The van der Waals surface area contributed by atoms with Crippen LogP contribution in [0.2, 0.25) is 0 Å². The highest BCUT2D eigenvalue weighted by Gasteiger charge is 2.22. The van der Waals surface area contributed by atoms with E-state index in [0.717, 1.165) is 12.8 Å². The number of carbonyl (C=O) groups excluding carboxylic acids is 1. The van der Waals surface area contributed by atoms with Crippen molar-refractivity contribution in [1.29, 1.82) is 0 Å². The number of esters is 1. The van der Waals surface area contributed by atoms with Gasteiger partial charge in [0.05, 0.1) is 16.9 Å². The Morgan fingerprint density at radius 2 is 1.79 bits per heavy atom. The molecule has 2 rings (SSSR count). The van der Waals surface area contributed by atoms with Crippen molar-refractivity contribution in [1.82, 2.24) is 0 Å². The van der Waals surface area contributed by atoms with Gasteiger partial charge in [0, 0.05) is 6.54 Å². The number of unbranched alkanes of at least 4 members (excludes halogenated alkanes) is 1. The summed E-state index contributed by atoms with van der Waals surface area (Å²) in [6.45, 7) is 8.06. The number of hydrogen-bond donors (Lipinski definition) is 3. The Hall–Kier alpha value is -2.58. The highest BCUT2D eigenvalue weighted by Crippen LogP contribution is 2.39. The number of para-hydroxylation sites is 1. The molecule has 0 aliphatic carbocycles. The zero-order valence-corrected chi connectivity index (χ0v) is 18.0. The largest absolute Gasteiger partial charge is 0.456 e. The Morgan fingerprint density at radius 3 is 2.38 bits per heavy atom. The van der Waals surface area contributed by atoms with Crippen molar-refractivity contribution in [2.75, 3.05) is 16.6 Å². The first-order valence-corrected chi connectivity index (χ1v) is 10.6. The standard InChI is InChI=1S/C21H28N2O5S/c1-5-6-12-22-17-13-15(20(24)28-21(2,3)4)14-18(23-29(25)26)19(17)27-16-10-8-7-9-11-16/h7-11,13-14,22-23H,5-6,12H2,1-4H3,(H,25,26). The number of rotatable bonds is 9. The van der Waals surface area contributed by atoms with Crippen molar-refractivity contribution in [3.8, 4) is 11.5 Å². The van der Waals surface area contributed by atoms with Gasteiger partial charge in [-0.1, -0.05) is 31.5 Å². The smallest absolute Gasteiger partial charge is 0.338 e. The van der Waals surface area contributed by atoms with Gasteiger partial charge < -0.3 is 14.8 Å². The van der Waals surface area contributed by atoms with E-state index < -0.39 is 22.8 Å². The molecule has 2 aromatic carbocycles. The van der Waals surface area contributed by atoms with Crippen LogP contribution < -0.4 is 14.8 Å². The van der Waals surface area contributed by atoms with Gasteiger partial charge in [-0.15, -0.1) is 0 Å². The molecule has 7 nitrogen and oxygen atoms in total. The lowest BCUT2D eigenvalue weighted by Gasteiger charge is -2.22. The molecule has 0 aliphatic heterocycles. The molecule has 0 fully saturated rings. The molecule has 1 unspecified atom stereocenters. The second-order valence-electron chi connectivity index (χ2n) is 7.45. The lowest BCUT2D eigenvalue weighted by molar-refractivity contribution is 0.00696. The average molecular weight is 421 g/mol. The summed E-state index contributed by atoms with van der Waals surface area (Å²) in [5, 5.41) is 3.25. The van der Waals surface area contributed by atoms with E-state index in [1.54, 1.807) is 39.0 Å². The second kappa shape index (κ2) is 10.3. The topological polar surface area (TPSA) is 96.9 Å². The molecule has 0 aliphatic rings. The number of hydrogen-bond acceptors (Lipinski definition) is 5. The predicted octanol–water partition coefficient (Wildman–Crippen LogP) is 5.19. The molecule has 0 saturated carbocycles. The maximum Gasteiger partial charge on any atom is 0.338 e. The van der Waals surface area contributed by atoms with Crippen LogP contribution in [-0.2, 0) is 16.0 Å². The number of ether oxygens (including phenoxy) is 2. The number of anilines is 2. The summed E-state index contributed by atoms with van der Waals surface area (Å²) in [5.74, 6) is 0.346. The highest BCUT2D eigenvalue weighted by atomic mass is 32.2. The van der Waals surface area contributed by atoms with Gasteiger partial charge in [-0.2, -0.15) is 0 Å². The number of carbonyl (C=O) groups is 1. The molecule has 2 aromatic rings. The zero-order valence-electron chi connectivity index (χ0n) is 17.2. The van der Waals surface area contributed by atoms with E-state index >= 15 is 0 Å². The van der Waals surface area contributed by atoms with Crippen molar-refractivity contribution in [3.63, 3.8) is 0 Å². The quantitative estimate of drug-likeness (QED) is 0.293. The monoisotopic (exact) mass is 420 g/mol. The molecule has 3 N–H and O–H groups in total. The maximum atomic E-state index is 12.6. The Labute approximate surface area is 174 Å². The predicted molar refractivity (Wildman–Crippen MR) is 116 cm³/mol. The van der Waals surface area contributed by atoms with Crippen LogP contribution in [0.25, 0.3) is 0 Å². The molecule has 29 heavy (non-hydrogen) atoms. The van der Waals surface area contributed by atoms with E-state index in [-0.39, 0.29) is 11.3 Å². The van der Waals surface area contributed by atoms with E-state index in [9.17, 15) is 13.6 Å². The molecule has 0 spiro atoms. The fourth-order valence-electron chi connectivity index (χ4n) is 2.50. The van der Waals surface area contributed by atoms with Crippen LogP contribution in [0.15, 0.2) is 42.5 Å². The maximum absolute atomic E-state index is 12.6. The van der Waals surface area contributed by atoms with Crippen LogP contribution in [0.3, 0.4) is 0 Å². The Balaban J connectivity index is 2.51. The highest BCUT2D eigenvalue weighted by molar-refractivity contribution is 7.80. The van der Waals surface area contributed by atoms with Crippen molar-refractivity contribution < 1.29 is 23.0 Å². The lowest BCUT2D eigenvalue weighted by Crippen LogP contribution is -2.24. The summed E-state index contributed by atoms with van der Waals surface area (Å²) in [4.78, 5) is 12.6. The molecule has 0 amide bonds. The molecule has 0 bridgehead atoms. The van der Waals surface area contributed by atoms with Gasteiger partial charge in [0.15, 0.2) is 5.75 Å². The Morgan fingerprint density at radius 1 is 1.14 bits per heavy atom. The van der Waals surface area contributed by atoms with Crippen LogP contribution in [0.1, 0.15) is 50.9 Å². The molecule has 1 atom stereocenters. The van der Waals surface area contributed by atoms with Gasteiger partial charge in [0.1, 0.15) is 11.4 Å². The third kappa shape index (κ3) is 7.40. The van der Waals surface area contributed by atoms with Crippen molar-refractivity contribution in [2.45, 2.75) is 46.1 Å². The van der Waals surface area contributed by atoms with Gasteiger partial charge in [0.25, 0.3) is 11.3 Å². The normalized spacial score (nSPS) is 12.2. The molecule has 0 aromatic heterocycles. The fraction of sp³-hybridized carbons (Fsp3) is 0.381. The summed E-state index contributed by atoms with van der Waals surface area (Å²) < 4.78 is 34.7. The molecule has 0 radical (unpaired) electrons. The van der Waals surface area contributed by atoms with Gasteiger partial charge >= 0.3 is 5.97 Å². The molecule has 158 valence electrons. The second-order valence-corrected chi connectivity index (χ2v) is 8.15. The summed E-state index contributed by atoms with van der Waals surface area (Å²) in [6.07, 6.45) is 1.90. The van der Waals surface area contributed by atoms with E-state index in [1.165, 1.54) is 6.07 Å². The third-order valence-electron chi connectivity index (χ3n) is 3.73. The van der Waals surface area contributed by atoms with E-state index in [2.05, 4.69) is 17.0 Å². The molecular weight excluding hydrogens is 392 g/mol. The first-order valence-electron chi connectivity index (χ1n) is 9.45. The minimum absolute atomic E-state index is 0.206. The van der Waals surface area contributed by atoms with E-state index in [4.69, 9.17) is 9.47 Å². The van der Waals surface area contributed by atoms with Gasteiger partial charge in [-0.25, -0.2) is 9.00 Å². The van der Waals surface area contributed by atoms with Gasteiger partial charge in [0.2, 0.25) is 0 Å². The summed E-state index contributed by atoms with van der Waals surface area (Å²) in [5.41, 5.74) is 0.308. The van der Waals surface area contributed by atoms with Gasteiger partial charge in [-0.3, -0.25) is 9.27 Å². The fourth-order valence-corrected chi connectivity index (χ4v) is 2.84. The lowest BCUT2D eigenvalue weighted by atomic mass is 10.1. The molecule has 0 saturated heterocycles. The first kappa shape index (κ1) is 22.7. The Bertz CT molecular complexity index is 850. The van der Waals surface area contributed by atoms with E-state index in [1.807, 2.05) is 18.2 Å². The average Bonchev–Trinajstić information content (AvgIpc) is 2.63. The van der Waals surface area contributed by atoms with Crippen LogP contribution in [0, 0.1) is 0 Å². The van der Waals surface area contributed by atoms with Crippen molar-refractivity contribution in [2.24, 2.45) is 0 Å². The molecular formula is C21H28N2O5S. The van der Waals surface area contributed by atoms with Crippen LogP contribution in [0.4, 0.5) is 11.4 Å². The summed E-state index contributed by atoms with van der Waals surface area (Å²) in [7, 11) is 0. The summed E-state index contributed by atoms with van der Waals surface area (Å²) in [6, 6.07) is 12.1. The number of benzene rings is 2. The zero-order chi connectivity index (χ0) is 21.4. The molecule has 8 heteroatoms. The SMILES string of the molecule is CCCCNc1cc(C(=O)OC(C)(C)C)cc(NS(=O)O)c1Oc1ccccc1. The van der Waals surface area contributed by atoms with Crippen molar-refractivity contribution >= 4 is 28.6 Å².